The van der Waals surface area contributed by atoms with E-state index in [4.69, 9.17) is 23.4 Å². The lowest BCUT2D eigenvalue weighted by Gasteiger charge is -2.45. The van der Waals surface area contributed by atoms with E-state index < -0.39 is 83.5 Å². The van der Waals surface area contributed by atoms with Gasteiger partial charge >= 0.3 is 11.9 Å². The van der Waals surface area contributed by atoms with Crippen LogP contribution in [0.1, 0.15) is 181 Å². The minimum atomic E-state index is -5.63. The molecule has 1 rings (SSSR count). The lowest BCUT2D eigenvalue weighted by Crippen LogP contribution is -2.64. The zero-order chi connectivity index (χ0) is 48.2. The number of aliphatic hydroxyl groups is 4. The van der Waals surface area contributed by atoms with Gasteiger partial charge in [0.2, 0.25) is 0 Å². The molecule has 0 bridgehead atoms. The fourth-order valence-electron chi connectivity index (χ4n) is 7.12. The van der Waals surface area contributed by atoms with Gasteiger partial charge in [0.25, 0.3) is 15.6 Å². The first-order valence-electron chi connectivity index (χ1n) is 24.1. The van der Waals surface area contributed by atoms with Crippen LogP contribution in [0.2, 0.25) is 0 Å². The Morgan fingerprint density at radius 1 is 0.522 bits per heavy atom. The molecule has 0 amide bonds. The van der Waals surface area contributed by atoms with E-state index in [0.717, 1.165) is 51.4 Å². The predicted molar refractivity (Wildman–Crippen MR) is 258 cm³/mol. The van der Waals surface area contributed by atoms with Crippen molar-refractivity contribution in [2.45, 2.75) is 224 Å². The molecule has 0 aromatic heterocycles. The van der Waals surface area contributed by atoms with Crippen LogP contribution in [0, 0.1) is 0 Å². The lowest BCUT2D eigenvalue weighted by molar-refractivity contribution is -0.271. The van der Waals surface area contributed by atoms with Gasteiger partial charge in [-0.05, 0) is 51.4 Å². The number of unbranched alkanes of at least 4 members (excludes halogenated alkanes) is 18. The first kappa shape index (κ1) is 67.0. The Morgan fingerprint density at radius 3 is 1.40 bits per heavy atom. The highest BCUT2D eigenvalue weighted by atomic mass is 31.2. The van der Waals surface area contributed by atoms with Crippen molar-refractivity contribution >= 4 is 27.6 Å². The second-order valence-electron chi connectivity index (χ2n) is 16.8. The molecule has 1 aliphatic carbocycles. The fraction of sp³-hybridized carbons (Fsp3) is 0.787. The van der Waals surface area contributed by atoms with Gasteiger partial charge in [-0.3, -0.25) is 18.7 Å². The summed E-state index contributed by atoms with van der Waals surface area (Å²) in [7, 11) is -11.2. The molecule has 1 aliphatic rings. The second-order valence-corrected chi connectivity index (χ2v) is 19.3. The number of carbonyl (C=O) groups excluding carboxylic acids is 2. The summed E-state index contributed by atoms with van der Waals surface area (Å²) >= 11 is 0. The van der Waals surface area contributed by atoms with Gasteiger partial charge in [0.15, 0.2) is 6.10 Å². The monoisotopic (exact) mass is 1000 g/mol. The number of carbonyl (C=O) groups is 2. The number of quaternary nitrogens is 2. The number of phosphoric acid groups is 2. The molecule has 1 saturated carbocycles. The Balaban J connectivity index is 0. The highest BCUT2D eigenvalue weighted by Crippen LogP contribution is 2.45. The van der Waals surface area contributed by atoms with Crippen LogP contribution < -0.4 is 22.1 Å². The molecular weight excluding hydrogens is 910 g/mol. The first-order valence-corrected chi connectivity index (χ1v) is 27.1. The molecule has 2 unspecified atom stereocenters. The Morgan fingerprint density at radius 2 is 0.925 bits per heavy atom. The Bertz CT molecular complexity index is 1460. The maximum Gasteiger partial charge on any atom is 0.306 e. The van der Waals surface area contributed by atoms with Crippen molar-refractivity contribution in [3.05, 3.63) is 48.6 Å². The molecule has 1 fully saturated rings. The molecule has 0 aliphatic heterocycles. The third-order valence-corrected chi connectivity index (χ3v) is 12.4. The summed E-state index contributed by atoms with van der Waals surface area (Å²) < 4.78 is 48.6. The second kappa shape index (κ2) is 41.6. The smallest absolute Gasteiger partial charge is 0.306 e. The van der Waals surface area contributed by atoms with Crippen LogP contribution in [-0.4, -0.2) is 93.2 Å². The van der Waals surface area contributed by atoms with Gasteiger partial charge in [-0.1, -0.05) is 165 Å². The van der Waals surface area contributed by atoms with E-state index in [9.17, 15) is 48.9 Å². The van der Waals surface area contributed by atoms with Crippen molar-refractivity contribution in [2.24, 2.45) is 0 Å². The number of ether oxygens (including phenoxy) is 2. The molecule has 0 spiro atoms. The number of phosphoric ester groups is 2. The zero-order valence-corrected chi connectivity index (χ0v) is 42.9. The van der Waals surface area contributed by atoms with E-state index in [1.807, 2.05) is 18.2 Å². The number of hydrogen-bond acceptors (Lipinski definition) is 15. The molecule has 9 atom stereocenters. The molecule has 394 valence electrons. The molecule has 20 heteroatoms. The highest BCUT2D eigenvalue weighted by molar-refractivity contribution is 7.46. The topological polar surface area (TPSA) is 335 Å². The normalized spacial score (nSPS) is 22.1. The van der Waals surface area contributed by atoms with Crippen LogP contribution in [-0.2, 0) is 41.8 Å². The van der Waals surface area contributed by atoms with Gasteiger partial charge in [0.1, 0.15) is 43.2 Å². The molecule has 0 heterocycles. The summed E-state index contributed by atoms with van der Waals surface area (Å²) in [5.41, 5.74) is 0. The molecule has 18 nitrogen and oxygen atoms in total. The molecule has 0 aromatic carbocycles. The van der Waals surface area contributed by atoms with Crippen LogP contribution >= 0.6 is 15.6 Å². The maximum absolute atomic E-state index is 12.9. The van der Waals surface area contributed by atoms with Gasteiger partial charge in [-0.2, -0.15) is 0 Å². The minimum absolute atomic E-state index is 0. The van der Waals surface area contributed by atoms with Crippen molar-refractivity contribution in [3.63, 3.8) is 0 Å². The van der Waals surface area contributed by atoms with E-state index in [2.05, 4.69) is 48.8 Å². The SMILES string of the molecule is CCCCC/C=C\C/C=C\C/C=C\C/C=C\CCCC(=O)O[C@H](COC(=O)CCCCCCCCCCCCCCCCC)COP(=O)([O-])O[C@H]1[C@H](O)[C@@H](OP(=O)([O-])O)[C@H](O)[C@@H](O)[C@H]1O.[NH4+].[NH4+]. The maximum atomic E-state index is 12.9. The molecular formula is C47H90N2O16P2. The van der Waals surface area contributed by atoms with E-state index in [0.29, 0.717) is 19.3 Å². The summed E-state index contributed by atoms with van der Waals surface area (Å²) in [5, 5.41) is 41.0. The summed E-state index contributed by atoms with van der Waals surface area (Å²) in [5.74, 6) is -1.31. The summed E-state index contributed by atoms with van der Waals surface area (Å²) in [4.78, 5) is 58.6. The van der Waals surface area contributed by atoms with Crippen LogP contribution in [0.4, 0.5) is 0 Å². The molecule has 0 saturated heterocycles. The predicted octanol–water partition coefficient (Wildman–Crippen LogP) is 8.77. The van der Waals surface area contributed by atoms with Gasteiger partial charge in [0.05, 0.1) is 6.61 Å². The average Bonchev–Trinajstić information content (AvgIpc) is 3.26. The average molecular weight is 1000 g/mol. The Hall–Kier alpha value is -2.12. The quantitative estimate of drug-likeness (QED) is 0.0130. The largest absolute Gasteiger partial charge is 0.756 e. The molecule has 67 heavy (non-hydrogen) atoms. The van der Waals surface area contributed by atoms with Crippen LogP contribution in [0.25, 0.3) is 0 Å². The number of rotatable bonds is 40. The standard InChI is InChI=1S/C47H84O16P2.2H3N/c1-3-5-7-9-11-13-15-17-19-20-22-24-26-28-30-32-34-36-41(49)61-39(37-59-40(48)35-33-31-29-27-25-23-21-18-16-14-12-10-8-6-4-2)38-60-65(57,58)63-47-44(52)42(50)43(51)46(45(47)53)62-64(54,55)56;;/h11,13,17,19,22,24,28,30,39,42-47,50-53H,3-10,12,14-16,18,20-21,23,25-27,29,31-38H2,1-2H3,(H,57,58)(H2,54,55,56);2*1H3/b13-11-,19-17-,24-22-,30-28-;;/t39-,42-,43-,44-,45-,46+,47-;;/m1../s1. The van der Waals surface area contributed by atoms with Crippen LogP contribution in [0.3, 0.4) is 0 Å². The highest BCUT2D eigenvalue weighted by Gasteiger charge is 2.52. The number of hydrogen-bond donors (Lipinski definition) is 7. The summed E-state index contributed by atoms with van der Waals surface area (Å²) in [6, 6.07) is 0. The fourth-order valence-corrected chi connectivity index (χ4v) is 8.64. The van der Waals surface area contributed by atoms with Crippen LogP contribution in [0.15, 0.2) is 48.6 Å². The molecule has 13 N–H and O–H groups in total. The van der Waals surface area contributed by atoms with Gasteiger partial charge in [-0.15, -0.1) is 0 Å². The van der Waals surface area contributed by atoms with Crippen molar-refractivity contribution in [3.8, 4) is 0 Å². The third-order valence-electron chi connectivity index (χ3n) is 10.9. The van der Waals surface area contributed by atoms with Gasteiger partial charge in [-0.25, -0.2) is 0 Å². The number of allylic oxidation sites excluding steroid dienone is 8. The number of esters is 2. The van der Waals surface area contributed by atoms with Crippen molar-refractivity contribution in [1.82, 2.24) is 12.3 Å². The van der Waals surface area contributed by atoms with Crippen molar-refractivity contribution in [2.75, 3.05) is 13.2 Å². The third kappa shape index (κ3) is 35.6. The van der Waals surface area contributed by atoms with E-state index in [-0.39, 0.29) is 25.1 Å². The van der Waals surface area contributed by atoms with E-state index in [1.165, 1.54) is 83.5 Å². The minimum Gasteiger partial charge on any atom is -0.756 e. The molecule has 0 aromatic rings. The number of aliphatic hydroxyl groups excluding tert-OH is 4. The lowest BCUT2D eigenvalue weighted by atomic mass is 9.85. The van der Waals surface area contributed by atoms with E-state index in [1.54, 1.807) is 0 Å². The first-order chi connectivity index (χ1) is 31.1. The van der Waals surface area contributed by atoms with Gasteiger partial charge < -0.3 is 70.5 Å². The van der Waals surface area contributed by atoms with Crippen LogP contribution in [0.5, 0.6) is 0 Å². The van der Waals surface area contributed by atoms with E-state index >= 15 is 0 Å². The zero-order valence-electron chi connectivity index (χ0n) is 41.1. The molecule has 0 radical (unpaired) electrons. The van der Waals surface area contributed by atoms with Gasteiger partial charge in [0, 0.05) is 12.8 Å². The summed E-state index contributed by atoms with van der Waals surface area (Å²) in [6.07, 6.45) is 27.1. The Labute approximate surface area is 401 Å². The summed E-state index contributed by atoms with van der Waals surface area (Å²) in [6.45, 7) is 2.93. The van der Waals surface area contributed by atoms with Crippen molar-refractivity contribution < 1.29 is 76.9 Å². The van der Waals surface area contributed by atoms with Crippen molar-refractivity contribution in [1.29, 1.82) is 0 Å². The Kier molecular flexibility index (Phi) is 41.6.